The second-order valence-corrected chi connectivity index (χ2v) is 1.84. The standard InChI is InChI=1S/C5H11F2N3O2/c6-4(7)3-12-2-1-9-5(8)10-11/h4,11H,1-3H2,(H3,8,9,10). The summed E-state index contributed by atoms with van der Waals surface area (Å²) < 4.78 is 27.4. The van der Waals surface area contributed by atoms with Gasteiger partial charge in [0, 0.05) is 0 Å². The lowest BCUT2D eigenvalue weighted by molar-refractivity contribution is 0.0206. The minimum absolute atomic E-state index is 0.0483. The number of nitrogens with one attached hydrogen (secondary N) is 1. The van der Waals surface area contributed by atoms with Crippen LogP contribution in [-0.4, -0.2) is 37.4 Å². The lowest BCUT2D eigenvalue weighted by atomic mass is 10.7. The largest absolute Gasteiger partial charge is 0.374 e. The van der Waals surface area contributed by atoms with Crippen LogP contribution in [0.5, 0.6) is 0 Å². The molecule has 0 atom stereocenters. The molecule has 0 unspecified atom stereocenters. The molecule has 0 bridgehead atoms. The van der Waals surface area contributed by atoms with E-state index in [2.05, 4.69) is 9.73 Å². The number of hydroxylamine groups is 1. The van der Waals surface area contributed by atoms with Crippen molar-refractivity contribution in [1.82, 2.24) is 5.48 Å². The van der Waals surface area contributed by atoms with E-state index in [9.17, 15) is 8.78 Å². The van der Waals surface area contributed by atoms with Crippen LogP contribution in [0.25, 0.3) is 0 Å². The van der Waals surface area contributed by atoms with Gasteiger partial charge in [-0.25, -0.2) is 19.3 Å². The number of nitrogens with two attached hydrogens (primary N) is 1. The van der Waals surface area contributed by atoms with Crippen LogP contribution in [0.4, 0.5) is 8.78 Å². The zero-order valence-electron chi connectivity index (χ0n) is 6.33. The van der Waals surface area contributed by atoms with Crippen LogP contribution in [-0.2, 0) is 4.74 Å². The Balaban J connectivity index is 3.21. The number of aliphatic imine (C=N–C) groups is 1. The third-order valence-electron chi connectivity index (χ3n) is 0.876. The molecule has 0 aliphatic heterocycles. The van der Waals surface area contributed by atoms with Crippen molar-refractivity contribution in [1.29, 1.82) is 0 Å². The van der Waals surface area contributed by atoms with Crippen molar-refractivity contribution >= 4 is 5.96 Å². The first-order valence-corrected chi connectivity index (χ1v) is 3.22. The molecule has 0 heterocycles. The summed E-state index contributed by atoms with van der Waals surface area (Å²) in [6.45, 7) is -0.430. The van der Waals surface area contributed by atoms with Gasteiger partial charge < -0.3 is 10.5 Å². The Kier molecular flexibility index (Phi) is 6.21. The summed E-state index contributed by atoms with van der Waals surface area (Å²) in [5.74, 6) is -0.171. The number of hydrogen-bond donors (Lipinski definition) is 3. The maximum atomic E-state index is 11.4. The molecule has 0 rings (SSSR count). The molecule has 0 aromatic heterocycles. The van der Waals surface area contributed by atoms with Crippen LogP contribution in [0.3, 0.4) is 0 Å². The quantitative estimate of drug-likeness (QED) is 0.234. The number of guanidine groups is 1. The van der Waals surface area contributed by atoms with Gasteiger partial charge in [0.05, 0.1) is 13.2 Å². The van der Waals surface area contributed by atoms with Crippen LogP contribution < -0.4 is 11.2 Å². The molecule has 0 aromatic rings. The highest BCUT2D eigenvalue weighted by Gasteiger charge is 2.00. The van der Waals surface area contributed by atoms with Gasteiger partial charge >= 0.3 is 0 Å². The van der Waals surface area contributed by atoms with Crippen LogP contribution >= 0.6 is 0 Å². The molecule has 0 amide bonds. The average Bonchev–Trinajstić information content (AvgIpc) is 2.03. The first-order valence-electron chi connectivity index (χ1n) is 3.22. The molecular weight excluding hydrogens is 172 g/mol. The first kappa shape index (κ1) is 11.1. The second kappa shape index (κ2) is 6.74. The molecule has 0 saturated heterocycles. The Hall–Kier alpha value is -0.950. The zero-order valence-corrected chi connectivity index (χ0v) is 6.33. The van der Waals surface area contributed by atoms with Crippen molar-refractivity contribution in [3.05, 3.63) is 0 Å². The third-order valence-corrected chi connectivity index (χ3v) is 0.876. The molecule has 4 N–H and O–H groups in total. The Morgan fingerprint density at radius 1 is 1.67 bits per heavy atom. The van der Waals surface area contributed by atoms with Crippen molar-refractivity contribution in [3.63, 3.8) is 0 Å². The smallest absolute Gasteiger partial charge is 0.261 e. The van der Waals surface area contributed by atoms with Crippen molar-refractivity contribution in [2.75, 3.05) is 19.8 Å². The Morgan fingerprint density at radius 2 is 2.33 bits per heavy atom. The van der Waals surface area contributed by atoms with Crippen LogP contribution in [0.15, 0.2) is 4.99 Å². The summed E-state index contributed by atoms with van der Waals surface area (Å²) in [4.78, 5) is 3.50. The van der Waals surface area contributed by atoms with Crippen molar-refractivity contribution in [3.8, 4) is 0 Å². The number of halogens is 2. The van der Waals surface area contributed by atoms with E-state index in [1.807, 2.05) is 0 Å². The molecule has 7 heteroatoms. The molecule has 0 radical (unpaired) electrons. The predicted molar refractivity (Wildman–Crippen MR) is 38.2 cm³/mol. The molecule has 0 aliphatic rings. The van der Waals surface area contributed by atoms with Crippen LogP contribution in [0.1, 0.15) is 0 Å². The summed E-state index contributed by atoms with van der Waals surface area (Å²) in [5, 5.41) is 8.11. The normalized spacial score (nSPS) is 12.2. The summed E-state index contributed by atoms with van der Waals surface area (Å²) in [7, 11) is 0. The van der Waals surface area contributed by atoms with E-state index in [-0.39, 0.29) is 19.1 Å². The maximum Gasteiger partial charge on any atom is 0.261 e. The summed E-state index contributed by atoms with van der Waals surface area (Å²) in [6, 6.07) is 0. The Labute approximate surface area is 68.2 Å². The molecule has 0 fully saturated rings. The van der Waals surface area contributed by atoms with Gasteiger partial charge in [-0.2, -0.15) is 0 Å². The number of nitrogens with zero attached hydrogens (tertiary/aromatic N) is 1. The minimum atomic E-state index is -2.47. The van der Waals surface area contributed by atoms with E-state index in [1.54, 1.807) is 5.48 Å². The highest BCUT2D eigenvalue weighted by Crippen LogP contribution is 1.91. The highest BCUT2D eigenvalue weighted by atomic mass is 19.3. The molecular formula is C5H11F2N3O2. The Morgan fingerprint density at radius 3 is 2.83 bits per heavy atom. The molecule has 0 spiro atoms. The van der Waals surface area contributed by atoms with Crippen LogP contribution in [0, 0.1) is 0 Å². The highest BCUT2D eigenvalue weighted by molar-refractivity contribution is 5.76. The molecule has 0 aromatic carbocycles. The van der Waals surface area contributed by atoms with E-state index < -0.39 is 13.0 Å². The number of rotatable bonds is 5. The molecule has 72 valence electrons. The van der Waals surface area contributed by atoms with Gasteiger partial charge in [0.2, 0.25) is 5.96 Å². The average molecular weight is 183 g/mol. The predicted octanol–water partition coefficient (Wildman–Crippen LogP) is -0.438. The van der Waals surface area contributed by atoms with Gasteiger partial charge in [0.25, 0.3) is 6.43 Å². The van der Waals surface area contributed by atoms with Gasteiger partial charge in [-0.05, 0) is 0 Å². The van der Waals surface area contributed by atoms with Crippen molar-refractivity contribution in [2.24, 2.45) is 10.7 Å². The lowest BCUT2D eigenvalue weighted by Gasteiger charge is -2.00. The number of alkyl halides is 2. The van der Waals surface area contributed by atoms with Gasteiger partial charge in [0.1, 0.15) is 6.61 Å². The maximum absolute atomic E-state index is 11.4. The fourth-order valence-corrected chi connectivity index (χ4v) is 0.438. The van der Waals surface area contributed by atoms with Gasteiger partial charge in [-0.15, -0.1) is 0 Å². The zero-order chi connectivity index (χ0) is 9.40. The molecule has 12 heavy (non-hydrogen) atoms. The molecule has 0 aliphatic carbocycles. The summed E-state index contributed by atoms with van der Waals surface area (Å²) >= 11 is 0. The van der Waals surface area contributed by atoms with Crippen molar-refractivity contribution in [2.45, 2.75) is 6.43 Å². The number of hydrogen-bond acceptors (Lipinski definition) is 3. The van der Waals surface area contributed by atoms with E-state index >= 15 is 0 Å². The number of ether oxygens (including phenoxy) is 1. The molecule has 0 saturated carbocycles. The second-order valence-electron chi connectivity index (χ2n) is 1.84. The third kappa shape index (κ3) is 7.16. The van der Waals surface area contributed by atoms with E-state index in [1.165, 1.54) is 0 Å². The lowest BCUT2D eigenvalue weighted by Crippen LogP contribution is -2.28. The topological polar surface area (TPSA) is 79.9 Å². The first-order chi connectivity index (χ1) is 5.66. The monoisotopic (exact) mass is 183 g/mol. The summed E-state index contributed by atoms with van der Waals surface area (Å²) in [6.07, 6.45) is -2.47. The fraction of sp³-hybridized carbons (Fsp3) is 0.800. The van der Waals surface area contributed by atoms with Crippen molar-refractivity contribution < 1.29 is 18.7 Å². The van der Waals surface area contributed by atoms with Gasteiger partial charge in [-0.1, -0.05) is 0 Å². The van der Waals surface area contributed by atoms with E-state index in [0.717, 1.165) is 0 Å². The van der Waals surface area contributed by atoms with Gasteiger partial charge in [-0.3, -0.25) is 5.21 Å². The van der Waals surface area contributed by atoms with Crippen LogP contribution in [0.2, 0.25) is 0 Å². The minimum Gasteiger partial charge on any atom is -0.374 e. The van der Waals surface area contributed by atoms with Gasteiger partial charge in [0.15, 0.2) is 0 Å². The van der Waals surface area contributed by atoms with E-state index in [4.69, 9.17) is 10.9 Å². The summed E-state index contributed by atoms with van der Waals surface area (Å²) in [5.41, 5.74) is 6.59. The Bertz CT molecular complexity index is 143. The fourth-order valence-electron chi connectivity index (χ4n) is 0.438. The van der Waals surface area contributed by atoms with E-state index in [0.29, 0.717) is 0 Å². The SMILES string of the molecule is NC(=NCCOCC(F)F)NO. The molecule has 5 nitrogen and oxygen atoms in total.